The molecule has 0 saturated heterocycles. The maximum atomic E-state index is 4.02. The molecule has 1 aliphatic heterocycles. The van der Waals surface area contributed by atoms with E-state index < -0.39 is 0 Å². The van der Waals surface area contributed by atoms with Gasteiger partial charge in [0.25, 0.3) is 0 Å². The minimum absolute atomic E-state index is 0.442. The van der Waals surface area contributed by atoms with E-state index in [0.717, 1.165) is 6.42 Å². The maximum absolute atomic E-state index is 4.02. The Morgan fingerprint density at radius 1 is 0.786 bits per heavy atom. The molecule has 0 aromatic heterocycles. The van der Waals surface area contributed by atoms with E-state index in [1.54, 1.807) is 0 Å². The molecule has 0 radical (unpaired) electrons. The molecule has 28 heavy (non-hydrogen) atoms. The van der Waals surface area contributed by atoms with Crippen LogP contribution in [0.5, 0.6) is 0 Å². The van der Waals surface area contributed by atoms with Crippen LogP contribution >= 0.6 is 23.5 Å². The van der Waals surface area contributed by atoms with Crippen LogP contribution in [-0.4, -0.2) is 4.58 Å². The zero-order valence-electron chi connectivity index (χ0n) is 16.2. The van der Waals surface area contributed by atoms with Gasteiger partial charge in [0.2, 0.25) is 0 Å². The van der Waals surface area contributed by atoms with Gasteiger partial charge >= 0.3 is 0 Å². The summed E-state index contributed by atoms with van der Waals surface area (Å²) in [6.45, 7) is 8.54. The molecule has 0 unspecified atom stereocenters. The van der Waals surface area contributed by atoms with E-state index in [0.29, 0.717) is 4.58 Å². The molecule has 5 rings (SSSR count). The van der Waals surface area contributed by atoms with Gasteiger partial charge in [-0.3, -0.25) is 0 Å². The van der Waals surface area contributed by atoms with Crippen LogP contribution in [0.3, 0.4) is 0 Å². The lowest BCUT2D eigenvalue weighted by Gasteiger charge is -2.18. The summed E-state index contributed by atoms with van der Waals surface area (Å²) >= 11 is 4.02. The van der Waals surface area contributed by atoms with Gasteiger partial charge in [0, 0.05) is 20.9 Å². The highest BCUT2D eigenvalue weighted by Gasteiger charge is 2.27. The summed E-state index contributed by atoms with van der Waals surface area (Å²) in [6.07, 6.45) is 3.05. The van der Waals surface area contributed by atoms with Gasteiger partial charge in [0.15, 0.2) is 0 Å². The van der Waals surface area contributed by atoms with E-state index >= 15 is 0 Å². The minimum Gasteiger partial charge on any atom is -0.110 e. The van der Waals surface area contributed by atoms with Crippen LogP contribution < -0.4 is 0 Å². The van der Waals surface area contributed by atoms with Gasteiger partial charge in [-0.05, 0) is 52.9 Å². The first-order valence-electron chi connectivity index (χ1n) is 9.66. The Morgan fingerprint density at radius 3 is 1.71 bits per heavy atom. The Bertz CT molecular complexity index is 1140. The van der Waals surface area contributed by atoms with E-state index in [-0.39, 0.29) is 0 Å². The van der Waals surface area contributed by atoms with Crippen LogP contribution in [0.1, 0.15) is 17.5 Å². The predicted octanol–water partition coefficient (Wildman–Crippen LogP) is 8.38. The van der Waals surface area contributed by atoms with Crippen LogP contribution in [0, 0.1) is 13.8 Å². The fourth-order valence-electron chi connectivity index (χ4n) is 4.26. The molecular weight excluding hydrogens is 376 g/mol. The fourth-order valence-corrected chi connectivity index (χ4v) is 7.17. The third kappa shape index (κ3) is 2.78. The average molecular weight is 399 g/mol. The molecule has 0 spiro atoms. The summed E-state index contributed by atoms with van der Waals surface area (Å²) in [7, 11) is 0. The summed E-state index contributed by atoms with van der Waals surface area (Å²) in [5, 5.41) is 5.35. The Morgan fingerprint density at radius 2 is 1.25 bits per heavy atom. The molecule has 0 nitrogen and oxygen atoms in total. The quantitative estimate of drug-likeness (QED) is 0.311. The summed E-state index contributed by atoms with van der Waals surface area (Å²) in [4.78, 5) is 2.85. The number of fused-ring (bicyclic) bond motifs is 7. The van der Waals surface area contributed by atoms with Crippen molar-refractivity contribution in [3.63, 3.8) is 0 Å². The average Bonchev–Trinajstić information content (AvgIpc) is 2.87. The smallest absolute Gasteiger partial charge is 0.0631 e. The zero-order chi connectivity index (χ0) is 19.3. The second kappa shape index (κ2) is 7.02. The SMILES string of the molecule is C=CCC1Sc2c(C)cc3ccccc3c2-c2c(c(C)cc3ccccc23)S1. The zero-order valence-corrected chi connectivity index (χ0v) is 17.8. The summed E-state index contributed by atoms with van der Waals surface area (Å²) in [5.41, 5.74) is 5.56. The highest BCUT2D eigenvalue weighted by atomic mass is 32.2. The third-order valence-corrected chi connectivity index (χ3v) is 8.49. The van der Waals surface area contributed by atoms with Crippen molar-refractivity contribution in [1.82, 2.24) is 0 Å². The van der Waals surface area contributed by atoms with Gasteiger partial charge in [-0.1, -0.05) is 66.7 Å². The van der Waals surface area contributed by atoms with Gasteiger partial charge < -0.3 is 0 Å². The monoisotopic (exact) mass is 398 g/mol. The van der Waals surface area contributed by atoms with E-state index in [1.165, 1.54) is 53.6 Å². The lowest BCUT2D eigenvalue weighted by Crippen LogP contribution is -1.95. The van der Waals surface area contributed by atoms with E-state index in [4.69, 9.17) is 0 Å². The topological polar surface area (TPSA) is 0 Å². The van der Waals surface area contributed by atoms with E-state index in [2.05, 4.69) is 87.2 Å². The van der Waals surface area contributed by atoms with Crippen molar-refractivity contribution in [3.05, 3.63) is 84.4 Å². The normalized spacial score (nSPS) is 13.9. The molecule has 0 saturated carbocycles. The molecule has 0 bridgehead atoms. The van der Waals surface area contributed by atoms with E-state index in [9.17, 15) is 0 Å². The van der Waals surface area contributed by atoms with Crippen molar-refractivity contribution in [1.29, 1.82) is 0 Å². The van der Waals surface area contributed by atoms with Gasteiger partial charge in [-0.25, -0.2) is 0 Å². The second-order valence-electron chi connectivity index (χ2n) is 7.43. The summed E-state index contributed by atoms with van der Waals surface area (Å²) < 4.78 is 0.442. The number of aryl methyl sites for hydroxylation is 2. The molecule has 0 atom stereocenters. The van der Waals surface area contributed by atoms with Crippen molar-refractivity contribution >= 4 is 45.1 Å². The highest BCUT2D eigenvalue weighted by molar-refractivity contribution is 8.17. The van der Waals surface area contributed by atoms with Gasteiger partial charge in [-0.2, -0.15) is 0 Å². The van der Waals surface area contributed by atoms with Crippen LogP contribution in [0.2, 0.25) is 0 Å². The first-order chi connectivity index (χ1) is 13.7. The Balaban J connectivity index is 1.99. The van der Waals surface area contributed by atoms with Crippen LogP contribution in [0.25, 0.3) is 32.7 Å². The first kappa shape index (κ1) is 17.9. The van der Waals surface area contributed by atoms with Gasteiger partial charge in [0.05, 0.1) is 4.58 Å². The molecule has 0 fully saturated rings. The van der Waals surface area contributed by atoms with Crippen LogP contribution in [-0.2, 0) is 0 Å². The summed E-state index contributed by atoms with van der Waals surface area (Å²) in [6, 6.07) is 22.4. The molecule has 2 heteroatoms. The van der Waals surface area contributed by atoms with E-state index in [1.807, 2.05) is 23.5 Å². The van der Waals surface area contributed by atoms with Crippen LogP contribution in [0.4, 0.5) is 0 Å². The molecule has 4 aromatic rings. The lowest BCUT2D eigenvalue weighted by atomic mass is 9.91. The predicted molar refractivity (Wildman–Crippen MR) is 127 cm³/mol. The minimum atomic E-state index is 0.442. The molecule has 4 aromatic carbocycles. The number of allylic oxidation sites excluding steroid dienone is 1. The van der Waals surface area contributed by atoms with Crippen molar-refractivity contribution in [3.8, 4) is 11.1 Å². The molecular formula is C26H22S2. The first-order valence-corrected chi connectivity index (χ1v) is 11.4. The van der Waals surface area contributed by atoms with Crippen molar-refractivity contribution < 1.29 is 0 Å². The molecule has 1 heterocycles. The molecule has 0 amide bonds. The number of benzene rings is 4. The maximum Gasteiger partial charge on any atom is 0.0631 e. The molecule has 0 aliphatic carbocycles. The van der Waals surface area contributed by atoms with Crippen molar-refractivity contribution in [2.45, 2.75) is 34.6 Å². The largest absolute Gasteiger partial charge is 0.110 e. The number of rotatable bonds is 2. The Labute approximate surface area is 175 Å². The standard InChI is InChI=1S/C26H22S2/c1-4-9-22-27-25-16(2)14-18-10-5-7-12-20(18)23(25)24-21-13-8-6-11-19(21)15-17(3)26(24)28-22/h4-8,10-15,22H,1,9H2,2-3H3. The van der Waals surface area contributed by atoms with Crippen molar-refractivity contribution in [2.75, 3.05) is 0 Å². The van der Waals surface area contributed by atoms with Crippen molar-refractivity contribution in [2.24, 2.45) is 0 Å². The van der Waals surface area contributed by atoms with Crippen LogP contribution in [0.15, 0.2) is 83.1 Å². The Kier molecular flexibility index (Phi) is 4.49. The third-order valence-electron chi connectivity index (χ3n) is 5.48. The van der Waals surface area contributed by atoms with Gasteiger partial charge in [-0.15, -0.1) is 30.1 Å². The van der Waals surface area contributed by atoms with Gasteiger partial charge in [0.1, 0.15) is 0 Å². The second-order valence-corrected chi connectivity index (χ2v) is 10.2. The number of hydrogen-bond acceptors (Lipinski definition) is 2. The molecule has 0 N–H and O–H groups in total. The fraction of sp³-hybridized carbons (Fsp3) is 0.154. The molecule has 138 valence electrons. The molecule has 1 aliphatic rings. The lowest BCUT2D eigenvalue weighted by molar-refractivity contribution is 1.17. The number of hydrogen-bond donors (Lipinski definition) is 0. The Hall–Kier alpha value is -2.16. The number of thioether (sulfide) groups is 2. The highest BCUT2D eigenvalue weighted by Crippen LogP contribution is 2.54. The summed E-state index contributed by atoms with van der Waals surface area (Å²) in [5.74, 6) is 0.